The molecule has 0 fully saturated rings. The molecule has 0 aliphatic carbocycles. The van der Waals surface area contributed by atoms with Crippen LogP contribution in [-0.4, -0.2) is 46.8 Å². The van der Waals surface area contributed by atoms with Crippen LogP contribution in [0.3, 0.4) is 0 Å². The Morgan fingerprint density at radius 2 is 1.77 bits per heavy atom. The maximum Gasteiger partial charge on any atom is 0.272 e. The van der Waals surface area contributed by atoms with Crippen LogP contribution in [0.2, 0.25) is 0 Å². The number of methoxy groups -OCH3 is 2. The summed E-state index contributed by atoms with van der Waals surface area (Å²) in [5.41, 5.74) is 2.01. The fourth-order valence-electron chi connectivity index (χ4n) is 2.67. The van der Waals surface area contributed by atoms with E-state index < -0.39 is 13.0 Å². The Morgan fingerprint density at radius 1 is 1.00 bits per heavy atom. The van der Waals surface area contributed by atoms with Gasteiger partial charge in [0.25, 0.3) is 6.43 Å². The Morgan fingerprint density at radius 3 is 2.43 bits per heavy atom. The lowest BCUT2D eigenvalue weighted by Crippen LogP contribution is -2.37. The van der Waals surface area contributed by atoms with Crippen molar-refractivity contribution < 1.29 is 23.0 Å². The molecule has 0 aliphatic heterocycles. The highest BCUT2D eigenvalue weighted by atomic mass is 127. The van der Waals surface area contributed by atoms with E-state index in [4.69, 9.17) is 14.2 Å². The van der Waals surface area contributed by atoms with Gasteiger partial charge in [-0.25, -0.2) is 8.78 Å². The molecule has 2 aromatic rings. The molecule has 0 amide bonds. The van der Waals surface area contributed by atoms with Crippen molar-refractivity contribution in [2.75, 3.05) is 34.4 Å². The first-order valence-corrected chi connectivity index (χ1v) is 9.21. The summed E-state index contributed by atoms with van der Waals surface area (Å²) < 4.78 is 40.1. The number of alkyl halides is 2. The lowest BCUT2D eigenvalue weighted by atomic mass is 10.1. The number of ether oxygens (including phenoxy) is 3. The minimum absolute atomic E-state index is 0. The topological polar surface area (TPSA) is 64.1 Å². The monoisotopic (exact) mass is 535 g/mol. The largest absolute Gasteiger partial charge is 0.493 e. The molecule has 166 valence electrons. The fourth-order valence-corrected chi connectivity index (χ4v) is 2.67. The SMILES string of the molecule is CN=C(NCCc1ccc(OC)c(OC)c1)NCc1cccc(OCC(F)F)c1.I. The zero-order valence-corrected chi connectivity index (χ0v) is 19.6. The molecule has 0 aliphatic rings. The second-order valence-corrected chi connectivity index (χ2v) is 6.14. The molecule has 0 saturated heterocycles. The van der Waals surface area contributed by atoms with Crippen LogP contribution >= 0.6 is 24.0 Å². The summed E-state index contributed by atoms with van der Waals surface area (Å²) in [5.74, 6) is 2.45. The molecule has 0 saturated carbocycles. The molecular weight excluding hydrogens is 507 g/mol. The lowest BCUT2D eigenvalue weighted by molar-refractivity contribution is 0.0818. The molecule has 0 radical (unpaired) electrons. The van der Waals surface area contributed by atoms with Gasteiger partial charge in [-0.1, -0.05) is 18.2 Å². The first-order valence-electron chi connectivity index (χ1n) is 9.21. The summed E-state index contributed by atoms with van der Waals surface area (Å²) >= 11 is 0. The molecule has 0 spiro atoms. The Hall–Kier alpha value is -2.30. The van der Waals surface area contributed by atoms with Gasteiger partial charge in [-0.15, -0.1) is 24.0 Å². The van der Waals surface area contributed by atoms with Crippen LogP contribution in [0.5, 0.6) is 17.2 Å². The molecule has 30 heavy (non-hydrogen) atoms. The van der Waals surface area contributed by atoms with Gasteiger partial charge in [0.15, 0.2) is 17.5 Å². The molecule has 0 heterocycles. The maximum atomic E-state index is 12.3. The first-order chi connectivity index (χ1) is 14.0. The van der Waals surface area contributed by atoms with Crippen molar-refractivity contribution in [2.24, 2.45) is 4.99 Å². The Bertz CT molecular complexity index is 807. The second-order valence-electron chi connectivity index (χ2n) is 6.14. The van der Waals surface area contributed by atoms with Crippen LogP contribution in [0.4, 0.5) is 8.78 Å². The van der Waals surface area contributed by atoms with E-state index in [2.05, 4.69) is 15.6 Å². The number of nitrogens with one attached hydrogen (secondary N) is 2. The van der Waals surface area contributed by atoms with Crippen LogP contribution in [0.15, 0.2) is 47.5 Å². The van der Waals surface area contributed by atoms with Crippen LogP contribution < -0.4 is 24.8 Å². The second kappa shape index (κ2) is 13.8. The predicted octanol–water partition coefficient (Wildman–Crippen LogP) is 3.87. The lowest BCUT2D eigenvalue weighted by Gasteiger charge is -2.13. The van der Waals surface area contributed by atoms with E-state index in [0.29, 0.717) is 36.3 Å². The van der Waals surface area contributed by atoms with E-state index in [1.165, 1.54) is 0 Å². The molecule has 0 unspecified atom stereocenters. The number of aliphatic imine (C=N–C) groups is 1. The quantitative estimate of drug-likeness (QED) is 0.275. The highest BCUT2D eigenvalue weighted by Crippen LogP contribution is 2.27. The Balaban J connectivity index is 0.00000450. The summed E-state index contributed by atoms with van der Waals surface area (Å²) in [6.45, 7) is 0.546. The van der Waals surface area contributed by atoms with Gasteiger partial charge in [0.05, 0.1) is 14.2 Å². The smallest absolute Gasteiger partial charge is 0.272 e. The van der Waals surface area contributed by atoms with Gasteiger partial charge in [0, 0.05) is 20.1 Å². The molecule has 2 aromatic carbocycles. The molecule has 0 bridgehead atoms. The number of benzene rings is 2. The third kappa shape index (κ3) is 8.60. The van der Waals surface area contributed by atoms with Crippen molar-refractivity contribution in [3.8, 4) is 17.2 Å². The minimum atomic E-state index is -2.49. The van der Waals surface area contributed by atoms with E-state index in [9.17, 15) is 8.78 Å². The van der Waals surface area contributed by atoms with E-state index >= 15 is 0 Å². The molecule has 6 nitrogen and oxygen atoms in total. The molecular formula is C21H28F2IN3O3. The van der Waals surface area contributed by atoms with E-state index in [-0.39, 0.29) is 24.0 Å². The number of hydrogen-bond donors (Lipinski definition) is 2. The van der Waals surface area contributed by atoms with Crippen molar-refractivity contribution in [2.45, 2.75) is 19.4 Å². The van der Waals surface area contributed by atoms with E-state index in [0.717, 1.165) is 17.5 Å². The number of halogens is 3. The molecule has 2 N–H and O–H groups in total. The van der Waals surface area contributed by atoms with Crippen molar-refractivity contribution in [1.29, 1.82) is 0 Å². The number of hydrogen-bond acceptors (Lipinski definition) is 4. The molecule has 0 atom stereocenters. The minimum Gasteiger partial charge on any atom is -0.493 e. The highest BCUT2D eigenvalue weighted by molar-refractivity contribution is 14.0. The van der Waals surface area contributed by atoms with Crippen molar-refractivity contribution in [1.82, 2.24) is 10.6 Å². The van der Waals surface area contributed by atoms with Gasteiger partial charge in [-0.2, -0.15) is 0 Å². The highest BCUT2D eigenvalue weighted by Gasteiger charge is 2.06. The van der Waals surface area contributed by atoms with Crippen molar-refractivity contribution in [3.05, 3.63) is 53.6 Å². The zero-order valence-electron chi connectivity index (χ0n) is 17.3. The summed E-state index contributed by atoms with van der Waals surface area (Å²) in [7, 11) is 4.91. The standard InChI is InChI=1S/C21H27F2N3O3.HI/c1-24-21(25-10-9-15-7-8-18(27-2)19(12-15)28-3)26-13-16-5-4-6-17(11-16)29-14-20(22)23;/h4-8,11-12,20H,9-10,13-14H2,1-3H3,(H2,24,25,26);1H. The number of nitrogens with zero attached hydrogens (tertiary/aromatic N) is 1. The van der Waals surface area contributed by atoms with Crippen LogP contribution in [0, 0.1) is 0 Å². The summed E-state index contributed by atoms with van der Waals surface area (Å²) in [5, 5.41) is 6.44. The molecule has 9 heteroatoms. The number of guanidine groups is 1. The third-order valence-electron chi connectivity index (χ3n) is 4.11. The maximum absolute atomic E-state index is 12.3. The normalized spacial score (nSPS) is 10.9. The van der Waals surface area contributed by atoms with Gasteiger partial charge in [0.2, 0.25) is 0 Å². The summed E-state index contributed by atoms with van der Waals surface area (Å²) in [6, 6.07) is 12.9. The Labute approximate surface area is 193 Å². The van der Waals surface area contributed by atoms with Crippen molar-refractivity contribution >= 4 is 29.9 Å². The third-order valence-corrected chi connectivity index (χ3v) is 4.11. The van der Waals surface area contributed by atoms with Gasteiger partial charge >= 0.3 is 0 Å². The fraction of sp³-hybridized carbons (Fsp3) is 0.381. The van der Waals surface area contributed by atoms with Gasteiger partial charge in [-0.05, 0) is 41.8 Å². The average molecular weight is 535 g/mol. The van der Waals surface area contributed by atoms with E-state index in [1.54, 1.807) is 39.5 Å². The molecule has 2 rings (SSSR count). The number of rotatable bonds is 10. The van der Waals surface area contributed by atoms with Crippen LogP contribution in [0.25, 0.3) is 0 Å². The van der Waals surface area contributed by atoms with E-state index in [1.807, 2.05) is 24.3 Å². The predicted molar refractivity (Wildman–Crippen MR) is 125 cm³/mol. The zero-order chi connectivity index (χ0) is 21.1. The van der Waals surface area contributed by atoms with Crippen LogP contribution in [0.1, 0.15) is 11.1 Å². The Kier molecular flexibility index (Phi) is 11.9. The van der Waals surface area contributed by atoms with Crippen molar-refractivity contribution in [3.63, 3.8) is 0 Å². The summed E-state index contributed by atoms with van der Waals surface area (Å²) in [4.78, 5) is 4.20. The first kappa shape index (κ1) is 25.7. The van der Waals surface area contributed by atoms with Gasteiger partial charge < -0.3 is 24.8 Å². The van der Waals surface area contributed by atoms with Crippen LogP contribution in [-0.2, 0) is 13.0 Å². The van der Waals surface area contributed by atoms with Gasteiger partial charge in [-0.3, -0.25) is 4.99 Å². The molecule has 0 aromatic heterocycles. The average Bonchev–Trinajstić information content (AvgIpc) is 2.74. The van der Waals surface area contributed by atoms with Gasteiger partial charge in [0.1, 0.15) is 12.4 Å². The summed E-state index contributed by atoms with van der Waals surface area (Å²) in [6.07, 6.45) is -1.72.